The van der Waals surface area contributed by atoms with Gasteiger partial charge in [-0.2, -0.15) is 13.2 Å². The molecule has 1 aliphatic rings. The summed E-state index contributed by atoms with van der Waals surface area (Å²) in [5.74, 6) is 0.583. The summed E-state index contributed by atoms with van der Waals surface area (Å²) in [5, 5.41) is 8.20. The highest BCUT2D eigenvalue weighted by atomic mass is 19.4. The monoisotopic (exact) mass is 378 g/mol. The largest absolute Gasteiger partial charge is 0.416 e. The van der Waals surface area contributed by atoms with Crippen LogP contribution >= 0.6 is 0 Å². The summed E-state index contributed by atoms with van der Waals surface area (Å²) in [7, 11) is 0. The van der Waals surface area contributed by atoms with Crippen LogP contribution in [0.5, 0.6) is 0 Å². The molecule has 5 N–H and O–H groups in total. The SMILES string of the molecule is CC1(N)CCN(c2cnc(C(=N)c3cccc(C(F)(F)F)c3)c(N)n2)CC1. The molecule has 0 aliphatic carbocycles. The van der Waals surface area contributed by atoms with Crippen molar-refractivity contribution in [3.05, 3.63) is 47.3 Å². The highest BCUT2D eigenvalue weighted by molar-refractivity contribution is 6.12. The van der Waals surface area contributed by atoms with Crippen LogP contribution in [0.2, 0.25) is 0 Å². The second-order valence-electron chi connectivity index (χ2n) is 7.06. The summed E-state index contributed by atoms with van der Waals surface area (Å²) in [6.07, 6.45) is -1.39. The number of piperidine rings is 1. The minimum absolute atomic E-state index is 0.0102. The summed E-state index contributed by atoms with van der Waals surface area (Å²) < 4.78 is 38.7. The van der Waals surface area contributed by atoms with Gasteiger partial charge in [0.25, 0.3) is 0 Å². The van der Waals surface area contributed by atoms with Crippen molar-refractivity contribution in [2.24, 2.45) is 5.73 Å². The van der Waals surface area contributed by atoms with Crippen molar-refractivity contribution < 1.29 is 13.2 Å². The third-order valence-corrected chi connectivity index (χ3v) is 4.73. The Bertz CT molecular complexity index is 852. The molecule has 1 aliphatic heterocycles. The van der Waals surface area contributed by atoms with Gasteiger partial charge < -0.3 is 16.4 Å². The van der Waals surface area contributed by atoms with Gasteiger partial charge in [-0.05, 0) is 31.9 Å². The van der Waals surface area contributed by atoms with Gasteiger partial charge in [0.05, 0.1) is 17.5 Å². The van der Waals surface area contributed by atoms with Gasteiger partial charge in [0.15, 0.2) is 5.82 Å². The molecule has 0 saturated carbocycles. The Labute approximate surface area is 154 Å². The third-order valence-electron chi connectivity index (χ3n) is 4.73. The molecule has 3 rings (SSSR count). The minimum Gasteiger partial charge on any atom is -0.382 e. The van der Waals surface area contributed by atoms with E-state index >= 15 is 0 Å². The molecule has 0 unspecified atom stereocenters. The average molecular weight is 378 g/mol. The molecular formula is C18H21F3N6. The summed E-state index contributed by atoms with van der Waals surface area (Å²) in [6, 6.07) is 4.53. The van der Waals surface area contributed by atoms with Gasteiger partial charge in [-0.15, -0.1) is 0 Å². The van der Waals surface area contributed by atoms with E-state index in [1.165, 1.54) is 18.3 Å². The minimum atomic E-state index is -4.48. The zero-order valence-corrected chi connectivity index (χ0v) is 14.8. The molecule has 0 bridgehead atoms. The van der Waals surface area contributed by atoms with Gasteiger partial charge in [-0.25, -0.2) is 9.97 Å². The molecule has 1 aromatic carbocycles. The van der Waals surface area contributed by atoms with Crippen molar-refractivity contribution in [3.8, 4) is 0 Å². The standard InChI is InChI=1S/C18H21F3N6/c1-17(24)5-7-27(8-6-17)13-10-25-15(16(23)26-13)14(22)11-3-2-4-12(9-11)18(19,20)21/h2-4,9-10,22H,5-8,24H2,1H3,(H2,23,26). The third kappa shape index (κ3) is 4.19. The average Bonchev–Trinajstić information content (AvgIpc) is 2.60. The topological polar surface area (TPSA) is 105 Å². The lowest BCUT2D eigenvalue weighted by atomic mass is 9.91. The Hall–Kier alpha value is -2.68. The zero-order valence-electron chi connectivity index (χ0n) is 14.8. The van der Waals surface area contributed by atoms with Crippen molar-refractivity contribution in [2.45, 2.75) is 31.5 Å². The molecule has 9 heteroatoms. The maximum absolute atomic E-state index is 12.9. The fourth-order valence-electron chi connectivity index (χ4n) is 2.97. The molecule has 0 spiro atoms. The van der Waals surface area contributed by atoms with Gasteiger partial charge >= 0.3 is 6.18 Å². The summed E-state index contributed by atoms with van der Waals surface area (Å²) in [5.41, 5.74) is 11.0. The molecular weight excluding hydrogens is 357 g/mol. The van der Waals surface area contributed by atoms with Crippen LogP contribution < -0.4 is 16.4 Å². The number of nitrogens with one attached hydrogen (secondary N) is 1. The predicted octanol–water partition coefficient (Wildman–Crippen LogP) is 2.81. The van der Waals surface area contributed by atoms with Crippen molar-refractivity contribution in [1.29, 1.82) is 5.41 Å². The van der Waals surface area contributed by atoms with E-state index in [0.29, 0.717) is 18.9 Å². The zero-order chi connectivity index (χ0) is 19.8. The van der Waals surface area contributed by atoms with E-state index in [1.54, 1.807) is 0 Å². The molecule has 2 aromatic rings. The Kier molecular flexibility index (Phi) is 4.81. The molecule has 1 fully saturated rings. The lowest BCUT2D eigenvalue weighted by Crippen LogP contribution is -2.48. The van der Waals surface area contributed by atoms with E-state index in [2.05, 4.69) is 9.97 Å². The normalized spacial score (nSPS) is 17.0. The predicted molar refractivity (Wildman–Crippen MR) is 97.9 cm³/mol. The van der Waals surface area contributed by atoms with Crippen molar-refractivity contribution in [3.63, 3.8) is 0 Å². The molecule has 6 nitrogen and oxygen atoms in total. The van der Waals surface area contributed by atoms with Gasteiger partial charge in [-0.3, -0.25) is 5.41 Å². The van der Waals surface area contributed by atoms with Crippen molar-refractivity contribution in [1.82, 2.24) is 9.97 Å². The van der Waals surface area contributed by atoms with Crippen LogP contribution in [-0.2, 0) is 6.18 Å². The van der Waals surface area contributed by atoms with E-state index < -0.39 is 11.7 Å². The molecule has 0 atom stereocenters. The van der Waals surface area contributed by atoms with Crippen molar-refractivity contribution >= 4 is 17.3 Å². The number of benzene rings is 1. The van der Waals surface area contributed by atoms with E-state index in [1.807, 2.05) is 11.8 Å². The fraction of sp³-hybridized carbons (Fsp3) is 0.389. The van der Waals surface area contributed by atoms with Crippen LogP contribution in [-0.4, -0.2) is 34.3 Å². The Balaban J connectivity index is 1.83. The molecule has 0 amide bonds. The van der Waals surface area contributed by atoms with Crippen LogP contribution in [0, 0.1) is 5.41 Å². The molecule has 0 radical (unpaired) electrons. The number of aromatic nitrogens is 2. The lowest BCUT2D eigenvalue weighted by Gasteiger charge is -2.37. The first-order valence-electron chi connectivity index (χ1n) is 8.50. The number of halogens is 3. The summed E-state index contributed by atoms with van der Waals surface area (Å²) in [6.45, 7) is 3.43. The highest BCUT2D eigenvalue weighted by Crippen LogP contribution is 2.30. The molecule has 1 aromatic heterocycles. The number of hydrogen-bond donors (Lipinski definition) is 3. The van der Waals surface area contributed by atoms with Crippen LogP contribution in [0.25, 0.3) is 0 Å². The number of anilines is 2. The molecule has 144 valence electrons. The number of nitrogen functional groups attached to an aromatic ring is 1. The van der Waals surface area contributed by atoms with Gasteiger partial charge in [-0.1, -0.05) is 12.1 Å². The molecule has 2 heterocycles. The second-order valence-corrected chi connectivity index (χ2v) is 7.06. The lowest BCUT2D eigenvalue weighted by molar-refractivity contribution is -0.137. The quantitative estimate of drug-likeness (QED) is 0.713. The summed E-state index contributed by atoms with van der Waals surface area (Å²) >= 11 is 0. The maximum Gasteiger partial charge on any atom is 0.416 e. The Morgan fingerprint density at radius 1 is 1.26 bits per heavy atom. The van der Waals surface area contributed by atoms with Gasteiger partial charge in [0, 0.05) is 24.2 Å². The van der Waals surface area contributed by atoms with Crippen LogP contribution in [0.1, 0.15) is 36.6 Å². The highest BCUT2D eigenvalue weighted by Gasteiger charge is 2.31. The van der Waals surface area contributed by atoms with E-state index in [-0.39, 0.29) is 28.3 Å². The van der Waals surface area contributed by atoms with Crippen LogP contribution in [0.4, 0.5) is 24.8 Å². The van der Waals surface area contributed by atoms with Crippen molar-refractivity contribution in [2.75, 3.05) is 23.7 Å². The number of hydrogen-bond acceptors (Lipinski definition) is 6. The summed E-state index contributed by atoms with van der Waals surface area (Å²) in [4.78, 5) is 10.5. The molecule has 1 saturated heterocycles. The van der Waals surface area contributed by atoms with E-state index in [9.17, 15) is 13.2 Å². The number of rotatable bonds is 3. The smallest absolute Gasteiger partial charge is 0.382 e. The Morgan fingerprint density at radius 2 is 1.93 bits per heavy atom. The fourth-order valence-corrected chi connectivity index (χ4v) is 2.97. The van der Waals surface area contributed by atoms with Crippen LogP contribution in [0.15, 0.2) is 30.5 Å². The number of nitrogens with two attached hydrogens (primary N) is 2. The Morgan fingerprint density at radius 3 is 2.52 bits per heavy atom. The van der Waals surface area contributed by atoms with Gasteiger partial charge in [0.1, 0.15) is 11.5 Å². The molecule has 27 heavy (non-hydrogen) atoms. The number of nitrogens with zero attached hydrogens (tertiary/aromatic N) is 3. The van der Waals surface area contributed by atoms with E-state index in [4.69, 9.17) is 16.9 Å². The first kappa shape index (κ1) is 19.1. The number of alkyl halides is 3. The first-order valence-corrected chi connectivity index (χ1v) is 8.50. The second kappa shape index (κ2) is 6.80. The van der Waals surface area contributed by atoms with Gasteiger partial charge in [0.2, 0.25) is 0 Å². The maximum atomic E-state index is 12.9. The first-order chi connectivity index (χ1) is 12.6. The van der Waals surface area contributed by atoms with E-state index in [0.717, 1.165) is 25.0 Å². The van der Waals surface area contributed by atoms with Crippen LogP contribution in [0.3, 0.4) is 0 Å².